The molecular formula is C22H30N4O2. The topological polar surface area (TPSA) is 69.9 Å². The maximum atomic E-state index is 11.9. The molecule has 150 valence electrons. The van der Waals surface area contributed by atoms with Crippen LogP contribution in [0.2, 0.25) is 0 Å². The number of hydrogen-bond donors (Lipinski definition) is 2. The molecule has 1 aromatic carbocycles. The molecule has 1 aromatic heterocycles. The lowest BCUT2D eigenvalue weighted by Crippen LogP contribution is -2.42. The van der Waals surface area contributed by atoms with Gasteiger partial charge in [-0.05, 0) is 49.6 Å². The van der Waals surface area contributed by atoms with Crippen molar-refractivity contribution in [2.75, 3.05) is 18.0 Å². The molecule has 0 spiro atoms. The molecule has 6 heteroatoms. The molecule has 1 unspecified atom stereocenters. The van der Waals surface area contributed by atoms with Crippen molar-refractivity contribution in [3.63, 3.8) is 0 Å². The van der Waals surface area contributed by atoms with Gasteiger partial charge in [0.05, 0.1) is 12.8 Å². The molecule has 2 heterocycles. The minimum atomic E-state index is 0.214. The molecule has 1 saturated heterocycles. The van der Waals surface area contributed by atoms with Gasteiger partial charge in [0, 0.05) is 37.7 Å². The molecule has 0 bridgehead atoms. The van der Waals surface area contributed by atoms with E-state index >= 15 is 0 Å². The van der Waals surface area contributed by atoms with Crippen molar-refractivity contribution in [1.82, 2.24) is 10.6 Å². The van der Waals surface area contributed by atoms with Crippen molar-refractivity contribution < 1.29 is 9.21 Å². The Kier molecular flexibility index (Phi) is 7.12. The lowest BCUT2D eigenvalue weighted by Gasteiger charge is -2.17. The molecule has 6 nitrogen and oxygen atoms in total. The van der Waals surface area contributed by atoms with Gasteiger partial charge in [-0.1, -0.05) is 19.1 Å². The molecule has 1 amide bonds. The summed E-state index contributed by atoms with van der Waals surface area (Å²) in [5.41, 5.74) is 2.09. The van der Waals surface area contributed by atoms with Crippen LogP contribution in [0.5, 0.6) is 0 Å². The van der Waals surface area contributed by atoms with Crippen molar-refractivity contribution >= 4 is 17.6 Å². The predicted octanol–water partition coefficient (Wildman–Crippen LogP) is 3.48. The van der Waals surface area contributed by atoms with Crippen LogP contribution in [0.1, 0.15) is 44.4 Å². The van der Waals surface area contributed by atoms with E-state index < -0.39 is 0 Å². The van der Waals surface area contributed by atoms with E-state index in [0.717, 1.165) is 55.3 Å². The van der Waals surface area contributed by atoms with Gasteiger partial charge in [0.15, 0.2) is 5.96 Å². The number of nitrogens with one attached hydrogen (secondary N) is 2. The summed E-state index contributed by atoms with van der Waals surface area (Å²) < 4.78 is 5.38. The monoisotopic (exact) mass is 382 g/mol. The lowest BCUT2D eigenvalue weighted by molar-refractivity contribution is -0.117. The van der Waals surface area contributed by atoms with E-state index in [1.807, 2.05) is 41.3 Å². The number of aliphatic imine (C=N–C) groups is 1. The summed E-state index contributed by atoms with van der Waals surface area (Å²) >= 11 is 0. The second kappa shape index (κ2) is 9.97. The number of benzene rings is 1. The van der Waals surface area contributed by atoms with E-state index in [-0.39, 0.29) is 5.91 Å². The van der Waals surface area contributed by atoms with Crippen LogP contribution in [-0.4, -0.2) is 31.0 Å². The Hall–Kier alpha value is -2.76. The number of hydrogen-bond acceptors (Lipinski definition) is 3. The van der Waals surface area contributed by atoms with Crippen molar-refractivity contribution in [1.29, 1.82) is 0 Å². The Morgan fingerprint density at radius 1 is 1.29 bits per heavy atom. The van der Waals surface area contributed by atoms with Crippen LogP contribution >= 0.6 is 0 Å². The number of guanidine groups is 1. The Balaban J connectivity index is 1.58. The largest absolute Gasteiger partial charge is 0.469 e. The van der Waals surface area contributed by atoms with Crippen molar-refractivity contribution in [2.24, 2.45) is 4.99 Å². The Bertz CT molecular complexity index is 768. The number of amides is 1. The third-order valence-corrected chi connectivity index (χ3v) is 4.98. The number of anilines is 1. The molecule has 28 heavy (non-hydrogen) atoms. The average molecular weight is 383 g/mol. The van der Waals surface area contributed by atoms with E-state index in [1.54, 1.807) is 6.26 Å². The second-order valence-electron chi connectivity index (χ2n) is 7.19. The van der Waals surface area contributed by atoms with Crippen molar-refractivity contribution in [3.8, 4) is 0 Å². The van der Waals surface area contributed by atoms with E-state index in [9.17, 15) is 4.79 Å². The van der Waals surface area contributed by atoms with Crippen LogP contribution in [0, 0.1) is 0 Å². The normalized spacial score (nSPS) is 15.7. The summed E-state index contributed by atoms with van der Waals surface area (Å²) in [5, 5.41) is 6.82. The molecule has 1 fully saturated rings. The molecular weight excluding hydrogens is 352 g/mol. The first kappa shape index (κ1) is 20.0. The van der Waals surface area contributed by atoms with Crippen molar-refractivity contribution in [2.45, 2.75) is 52.1 Å². The zero-order valence-corrected chi connectivity index (χ0v) is 16.8. The molecule has 0 aliphatic carbocycles. The van der Waals surface area contributed by atoms with Gasteiger partial charge < -0.3 is 20.0 Å². The molecule has 2 aromatic rings. The van der Waals surface area contributed by atoms with Gasteiger partial charge in [0.1, 0.15) is 5.76 Å². The van der Waals surface area contributed by atoms with Gasteiger partial charge in [0.2, 0.25) is 5.91 Å². The van der Waals surface area contributed by atoms with Crippen LogP contribution < -0.4 is 15.5 Å². The summed E-state index contributed by atoms with van der Waals surface area (Å²) in [6, 6.07) is 12.4. The maximum Gasteiger partial charge on any atom is 0.227 e. The van der Waals surface area contributed by atoms with E-state index in [2.05, 4.69) is 24.5 Å². The maximum absolute atomic E-state index is 11.9. The minimum absolute atomic E-state index is 0.214. The highest BCUT2D eigenvalue weighted by atomic mass is 16.3. The van der Waals surface area contributed by atoms with E-state index in [4.69, 9.17) is 9.41 Å². The SMILES string of the molecule is CCC(C)NC(=NCc1ccc(N2CCCC2=O)cc1)NCCc1ccco1. The first-order valence-electron chi connectivity index (χ1n) is 10.1. The number of nitrogens with zero attached hydrogens (tertiary/aromatic N) is 2. The fourth-order valence-corrected chi connectivity index (χ4v) is 3.12. The highest BCUT2D eigenvalue weighted by Gasteiger charge is 2.21. The van der Waals surface area contributed by atoms with Gasteiger partial charge in [-0.2, -0.15) is 0 Å². The molecule has 3 rings (SSSR count). The summed E-state index contributed by atoms with van der Waals surface area (Å²) in [6.07, 6.45) is 5.13. The fourth-order valence-electron chi connectivity index (χ4n) is 3.12. The Morgan fingerprint density at radius 2 is 2.11 bits per heavy atom. The third kappa shape index (κ3) is 5.62. The summed E-state index contributed by atoms with van der Waals surface area (Å²) in [6.45, 7) is 6.45. The standard InChI is InChI=1S/C22H30N4O2/c1-3-17(2)25-22(23-13-12-20-6-5-15-28-20)24-16-18-8-10-19(11-9-18)26-14-4-7-21(26)27/h5-6,8-11,15,17H,3-4,7,12-14,16H2,1-2H3,(H2,23,24,25). The fraction of sp³-hybridized carbons (Fsp3) is 0.455. The molecule has 2 N–H and O–H groups in total. The highest BCUT2D eigenvalue weighted by Crippen LogP contribution is 2.21. The van der Waals surface area contributed by atoms with Gasteiger partial charge in [-0.25, -0.2) is 4.99 Å². The van der Waals surface area contributed by atoms with Gasteiger partial charge in [-0.15, -0.1) is 0 Å². The number of carbonyl (C=O) groups is 1. The highest BCUT2D eigenvalue weighted by molar-refractivity contribution is 5.95. The molecule has 0 radical (unpaired) electrons. The summed E-state index contributed by atoms with van der Waals surface area (Å²) in [7, 11) is 0. The Morgan fingerprint density at radius 3 is 2.75 bits per heavy atom. The molecule has 1 aliphatic rings. The quantitative estimate of drug-likeness (QED) is 0.542. The van der Waals surface area contributed by atoms with E-state index in [0.29, 0.717) is 19.0 Å². The number of furan rings is 1. The third-order valence-electron chi connectivity index (χ3n) is 4.98. The van der Waals surface area contributed by atoms with E-state index in [1.165, 1.54) is 0 Å². The van der Waals surface area contributed by atoms with Crippen LogP contribution in [0.15, 0.2) is 52.1 Å². The first-order chi connectivity index (χ1) is 13.7. The van der Waals surface area contributed by atoms with Crippen LogP contribution in [-0.2, 0) is 17.8 Å². The van der Waals surface area contributed by atoms with Crippen LogP contribution in [0.25, 0.3) is 0 Å². The average Bonchev–Trinajstić information content (AvgIpc) is 3.38. The minimum Gasteiger partial charge on any atom is -0.469 e. The van der Waals surface area contributed by atoms with Gasteiger partial charge >= 0.3 is 0 Å². The van der Waals surface area contributed by atoms with Gasteiger partial charge in [-0.3, -0.25) is 4.79 Å². The summed E-state index contributed by atoms with van der Waals surface area (Å²) in [4.78, 5) is 18.5. The summed E-state index contributed by atoms with van der Waals surface area (Å²) in [5.74, 6) is 1.98. The Labute approximate surface area is 167 Å². The van der Waals surface area contributed by atoms with Crippen LogP contribution in [0.3, 0.4) is 0 Å². The smallest absolute Gasteiger partial charge is 0.227 e. The van der Waals surface area contributed by atoms with Gasteiger partial charge in [0.25, 0.3) is 0 Å². The first-order valence-corrected chi connectivity index (χ1v) is 10.1. The number of carbonyl (C=O) groups excluding carboxylic acids is 1. The zero-order chi connectivity index (χ0) is 19.8. The zero-order valence-electron chi connectivity index (χ0n) is 16.8. The molecule has 0 saturated carbocycles. The van der Waals surface area contributed by atoms with Crippen molar-refractivity contribution in [3.05, 3.63) is 54.0 Å². The van der Waals surface area contributed by atoms with Crippen LogP contribution in [0.4, 0.5) is 5.69 Å². The predicted molar refractivity (Wildman–Crippen MR) is 112 cm³/mol. The number of rotatable bonds is 8. The molecule has 1 aliphatic heterocycles. The molecule has 1 atom stereocenters. The lowest BCUT2D eigenvalue weighted by atomic mass is 10.2. The second-order valence-corrected chi connectivity index (χ2v) is 7.19.